The summed E-state index contributed by atoms with van der Waals surface area (Å²) in [6.07, 6.45) is -4.41. The fraction of sp³-hybridized carbons (Fsp3) is 0.310. The maximum absolute atomic E-state index is 13.5. The van der Waals surface area contributed by atoms with Gasteiger partial charge >= 0.3 is 6.18 Å². The van der Waals surface area contributed by atoms with Crippen LogP contribution in [0.25, 0.3) is 0 Å². The molecule has 2 heterocycles. The number of alkyl halides is 3. The van der Waals surface area contributed by atoms with Crippen LogP contribution >= 0.6 is 11.6 Å². The van der Waals surface area contributed by atoms with Crippen LogP contribution in [0.4, 0.5) is 18.9 Å². The summed E-state index contributed by atoms with van der Waals surface area (Å²) < 4.78 is 51.9. The van der Waals surface area contributed by atoms with E-state index in [1.807, 2.05) is 29.2 Å². The van der Waals surface area contributed by atoms with Crippen LogP contribution in [0.5, 0.6) is 11.5 Å². The first-order valence-corrected chi connectivity index (χ1v) is 12.9. The molecule has 2 aliphatic heterocycles. The van der Waals surface area contributed by atoms with Crippen LogP contribution in [0.2, 0.25) is 5.02 Å². The van der Waals surface area contributed by atoms with E-state index < -0.39 is 11.7 Å². The lowest BCUT2D eigenvalue weighted by Gasteiger charge is -2.30. The van der Waals surface area contributed by atoms with Gasteiger partial charge in [-0.05, 0) is 66.2 Å². The van der Waals surface area contributed by atoms with Crippen molar-refractivity contribution in [3.8, 4) is 11.5 Å². The Morgan fingerprint density at radius 2 is 1.58 bits per heavy atom. The number of rotatable bonds is 7. The van der Waals surface area contributed by atoms with E-state index in [-0.39, 0.29) is 6.04 Å². The molecule has 200 valence electrons. The third-order valence-corrected chi connectivity index (χ3v) is 7.15. The smallest absolute Gasteiger partial charge is 0.416 e. The van der Waals surface area contributed by atoms with Crippen LogP contribution in [0, 0.1) is 0 Å². The highest BCUT2D eigenvalue weighted by Crippen LogP contribution is 2.40. The molecule has 0 amide bonds. The van der Waals surface area contributed by atoms with E-state index in [0.717, 1.165) is 43.8 Å². The predicted molar refractivity (Wildman–Crippen MR) is 143 cm³/mol. The molecule has 0 aliphatic carbocycles. The van der Waals surface area contributed by atoms with Gasteiger partial charge < -0.3 is 19.3 Å². The monoisotopic (exact) mass is 543 g/mol. The Morgan fingerprint density at radius 1 is 0.921 bits per heavy atom. The van der Waals surface area contributed by atoms with Crippen molar-refractivity contribution in [3.05, 3.63) is 101 Å². The van der Waals surface area contributed by atoms with Gasteiger partial charge in [-0.25, -0.2) is 0 Å². The fourth-order valence-electron chi connectivity index (χ4n) is 4.85. The molecule has 3 aromatic rings. The SMILES string of the molecule is C=C1N(CCN2CCOCC2)CC(c2cccc(C(F)(F)F)c2)N1c1ccc(Oc2ccc(Cl)cc2)cc1. The van der Waals surface area contributed by atoms with E-state index in [1.54, 1.807) is 30.3 Å². The summed E-state index contributed by atoms with van der Waals surface area (Å²) >= 11 is 5.96. The Hall–Kier alpha value is -3.20. The Kier molecular flexibility index (Phi) is 7.83. The maximum Gasteiger partial charge on any atom is 0.416 e. The minimum atomic E-state index is -4.41. The summed E-state index contributed by atoms with van der Waals surface area (Å²) in [7, 11) is 0. The van der Waals surface area contributed by atoms with E-state index >= 15 is 0 Å². The molecule has 2 saturated heterocycles. The van der Waals surface area contributed by atoms with Gasteiger partial charge in [-0.1, -0.05) is 30.3 Å². The maximum atomic E-state index is 13.5. The van der Waals surface area contributed by atoms with Crippen molar-refractivity contribution in [3.63, 3.8) is 0 Å². The van der Waals surface area contributed by atoms with E-state index in [9.17, 15) is 13.2 Å². The third kappa shape index (κ3) is 6.09. The number of nitrogens with zero attached hydrogens (tertiary/aromatic N) is 3. The zero-order chi connectivity index (χ0) is 26.7. The first-order chi connectivity index (χ1) is 18.3. The van der Waals surface area contributed by atoms with Gasteiger partial charge in [0.15, 0.2) is 0 Å². The number of morpholine rings is 1. The van der Waals surface area contributed by atoms with Crippen molar-refractivity contribution < 1.29 is 22.6 Å². The number of benzene rings is 3. The molecule has 0 radical (unpaired) electrons. The molecular weight excluding hydrogens is 515 g/mol. The summed E-state index contributed by atoms with van der Waals surface area (Å²) in [5.41, 5.74) is 0.769. The third-order valence-electron chi connectivity index (χ3n) is 6.90. The summed E-state index contributed by atoms with van der Waals surface area (Å²) in [6, 6.07) is 19.8. The first-order valence-electron chi connectivity index (χ1n) is 12.5. The lowest BCUT2D eigenvalue weighted by molar-refractivity contribution is -0.137. The second-order valence-corrected chi connectivity index (χ2v) is 9.81. The van der Waals surface area contributed by atoms with Gasteiger partial charge in [-0.15, -0.1) is 0 Å². The zero-order valence-corrected chi connectivity index (χ0v) is 21.6. The van der Waals surface area contributed by atoms with Crippen molar-refractivity contribution in [1.29, 1.82) is 0 Å². The van der Waals surface area contributed by atoms with Crippen LogP contribution in [-0.4, -0.2) is 55.7 Å². The van der Waals surface area contributed by atoms with Gasteiger partial charge in [0.05, 0.1) is 24.8 Å². The Bertz CT molecular complexity index is 1250. The lowest BCUT2D eigenvalue weighted by atomic mass is 10.0. The highest BCUT2D eigenvalue weighted by Gasteiger charge is 2.37. The Morgan fingerprint density at radius 3 is 2.24 bits per heavy atom. The van der Waals surface area contributed by atoms with E-state index in [4.69, 9.17) is 21.1 Å². The predicted octanol–water partition coefficient (Wildman–Crippen LogP) is 6.82. The summed E-state index contributed by atoms with van der Waals surface area (Å²) in [4.78, 5) is 6.50. The molecule has 3 aromatic carbocycles. The molecule has 9 heteroatoms. The number of hydrogen-bond acceptors (Lipinski definition) is 5. The van der Waals surface area contributed by atoms with Crippen molar-refractivity contribution in [2.45, 2.75) is 12.2 Å². The molecule has 0 N–H and O–H groups in total. The molecule has 1 unspecified atom stereocenters. The Labute approximate surface area is 225 Å². The van der Waals surface area contributed by atoms with Crippen LogP contribution in [0.15, 0.2) is 85.2 Å². The van der Waals surface area contributed by atoms with E-state index in [2.05, 4.69) is 16.4 Å². The molecule has 5 nitrogen and oxygen atoms in total. The van der Waals surface area contributed by atoms with Crippen molar-refractivity contribution >= 4 is 17.3 Å². The van der Waals surface area contributed by atoms with Crippen LogP contribution in [-0.2, 0) is 10.9 Å². The Balaban J connectivity index is 1.39. The van der Waals surface area contributed by atoms with E-state index in [0.29, 0.717) is 41.8 Å². The van der Waals surface area contributed by atoms with Gasteiger partial charge in [0, 0.05) is 43.4 Å². The molecule has 0 aromatic heterocycles. The highest BCUT2D eigenvalue weighted by molar-refractivity contribution is 6.30. The first kappa shape index (κ1) is 26.4. The fourth-order valence-corrected chi connectivity index (χ4v) is 4.98. The summed E-state index contributed by atoms with van der Waals surface area (Å²) in [6.45, 7) is 9.61. The number of hydrogen-bond donors (Lipinski definition) is 0. The standard InChI is InChI=1S/C29H29ClF3N3O2/c1-21-35(14-13-34-15-17-37-18-16-34)20-28(22-3-2-4-23(19-22)29(31,32)33)36(21)25-7-11-27(12-8-25)38-26-9-5-24(30)6-10-26/h2-12,19,28H,1,13-18,20H2. The molecule has 1 atom stereocenters. The zero-order valence-electron chi connectivity index (χ0n) is 20.8. The van der Waals surface area contributed by atoms with Crippen LogP contribution in [0.1, 0.15) is 17.2 Å². The quantitative estimate of drug-likeness (QED) is 0.326. The molecule has 0 saturated carbocycles. The van der Waals surface area contributed by atoms with Crippen molar-refractivity contribution in [2.75, 3.05) is 50.8 Å². The number of anilines is 1. The molecule has 0 bridgehead atoms. The summed E-state index contributed by atoms with van der Waals surface area (Å²) in [5.74, 6) is 2.05. The normalized spacial score (nSPS) is 18.7. The van der Waals surface area contributed by atoms with Gasteiger partial charge in [0.1, 0.15) is 17.3 Å². The topological polar surface area (TPSA) is 28.2 Å². The van der Waals surface area contributed by atoms with Gasteiger partial charge in [0.25, 0.3) is 0 Å². The van der Waals surface area contributed by atoms with E-state index in [1.165, 1.54) is 12.1 Å². The lowest BCUT2D eigenvalue weighted by Crippen LogP contribution is -2.40. The second-order valence-electron chi connectivity index (χ2n) is 9.38. The average Bonchev–Trinajstić information content (AvgIpc) is 3.25. The molecule has 38 heavy (non-hydrogen) atoms. The second kappa shape index (κ2) is 11.3. The van der Waals surface area contributed by atoms with Gasteiger partial charge in [-0.3, -0.25) is 4.90 Å². The van der Waals surface area contributed by atoms with Gasteiger partial charge in [0.2, 0.25) is 0 Å². The number of ether oxygens (including phenoxy) is 2. The van der Waals surface area contributed by atoms with Crippen LogP contribution in [0.3, 0.4) is 0 Å². The molecule has 5 rings (SSSR count). The average molecular weight is 544 g/mol. The van der Waals surface area contributed by atoms with Crippen LogP contribution < -0.4 is 9.64 Å². The molecule has 2 fully saturated rings. The molecular formula is C29H29ClF3N3O2. The summed E-state index contributed by atoms with van der Waals surface area (Å²) in [5, 5.41) is 0.624. The van der Waals surface area contributed by atoms with Crippen molar-refractivity contribution in [2.24, 2.45) is 0 Å². The number of halogens is 4. The van der Waals surface area contributed by atoms with Crippen molar-refractivity contribution in [1.82, 2.24) is 9.80 Å². The highest BCUT2D eigenvalue weighted by atomic mass is 35.5. The van der Waals surface area contributed by atoms with Gasteiger partial charge in [-0.2, -0.15) is 13.2 Å². The minimum Gasteiger partial charge on any atom is -0.457 e. The molecule has 2 aliphatic rings. The minimum absolute atomic E-state index is 0.322. The largest absolute Gasteiger partial charge is 0.457 e. The molecule has 0 spiro atoms.